The monoisotopic (exact) mass is 255 g/mol. The van der Waals surface area contributed by atoms with Gasteiger partial charge in [0, 0.05) is 18.7 Å². The number of benzene rings is 1. The number of hydrogen-bond donors (Lipinski definition) is 0. The molecule has 0 N–H and O–H groups in total. The van der Waals surface area contributed by atoms with E-state index in [4.69, 9.17) is 16.3 Å². The van der Waals surface area contributed by atoms with Gasteiger partial charge in [0.15, 0.2) is 0 Å². The molecular weight excluding hydrogens is 242 g/mol. The Kier molecular flexibility index (Phi) is 5.49. The molecular formula is C12H14ClNO3. The number of nitrogens with zero attached hydrogens (tertiary/aromatic N) is 1. The average Bonchev–Trinajstić information content (AvgIpc) is 2.34. The number of rotatable bonds is 5. The van der Waals surface area contributed by atoms with Gasteiger partial charge in [0.1, 0.15) is 0 Å². The lowest BCUT2D eigenvalue weighted by Crippen LogP contribution is -2.31. The summed E-state index contributed by atoms with van der Waals surface area (Å²) in [7, 11) is 1.32. The summed E-state index contributed by atoms with van der Waals surface area (Å²) in [4.78, 5) is 23.7. The van der Waals surface area contributed by atoms with Gasteiger partial charge in [-0.1, -0.05) is 18.2 Å². The summed E-state index contributed by atoms with van der Waals surface area (Å²) in [6.45, 7) is 0.398. The van der Waals surface area contributed by atoms with E-state index >= 15 is 0 Å². The lowest BCUT2D eigenvalue weighted by atomic mass is 10.2. The number of halogens is 1. The zero-order chi connectivity index (χ0) is 12.7. The molecule has 1 aromatic rings. The second kappa shape index (κ2) is 6.91. The van der Waals surface area contributed by atoms with Crippen LogP contribution in [0.5, 0.6) is 0 Å². The van der Waals surface area contributed by atoms with Crippen LogP contribution in [0.3, 0.4) is 0 Å². The Labute approximate surface area is 105 Å². The predicted octanol–water partition coefficient (Wildman–Crippen LogP) is 2.81. The fraction of sp³-hybridized carbons (Fsp3) is 0.333. The standard InChI is InChI=1S/C12H14ClNO3/c1-17-12(16)14(9-5-8-11(13)15)10-6-3-2-4-7-10/h2-4,6-7H,5,8-9H2,1H3. The van der Waals surface area contributed by atoms with E-state index in [1.807, 2.05) is 18.2 Å². The first-order valence-electron chi connectivity index (χ1n) is 5.24. The highest BCUT2D eigenvalue weighted by Crippen LogP contribution is 2.15. The molecule has 0 aliphatic heterocycles. The molecule has 5 heteroatoms. The summed E-state index contributed by atoms with van der Waals surface area (Å²) >= 11 is 5.25. The molecule has 0 aliphatic carbocycles. The van der Waals surface area contributed by atoms with Crippen LogP contribution in [0.25, 0.3) is 0 Å². The largest absolute Gasteiger partial charge is 0.452 e. The third kappa shape index (κ3) is 4.44. The van der Waals surface area contributed by atoms with Crippen LogP contribution in [0.4, 0.5) is 10.5 Å². The lowest BCUT2D eigenvalue weighted by molar-refractivity contribution is -0.111. The fourth-order valence-electron chi connectivity index (χ4n) is 1.42. The summed E-state index contributed by atoms with van der Waals surface area (Å²) in [6.07, 6.45) is 0.298. The van der Waals surface area contributed by atoms with Gasteiger partial charge >= 0.3 is 6.09 Å². The van der Waals surface area contributed by atoms with Crippen molar-refractivity contribution in [3.8, 4) is 0 Å². The van der Waals surface area contributed by atoms with Gasteiger partial charge < -0.3 is 4.74 Å². The van der Waals surface area contributed by atoms with Gasteiger partial charge in [-0.3, -0.25) is 9.69 Å². The van der Waals surface area contributed by atoms with E-state index in [9.17, 15) is 9.59 Å². The van der Waals surface area contributed by atoms with Crippen molar-refractivity contribution in [2.24, 2.45) is 0 Å². The summed E-state index contributed by atoms with van der Waals surface area (Å²) in [5.74, 6) is 0. The van der Waals surface area contributed by atoms with E-state index in [-0.39, 0.29) is 6.42 Å². The molecule has 0 radical (unpaired) electrons. The number of anilines is 1. The maximum Gasteiger partial charge on any atom is 0.413 e. The van der Waals surface area contributed by atoms with E-state index in [2.05, 4.69) is 0 Å². The quantitative estimate of drug-likeness (QED) is 0.760. The van der Waals surface area contributed by atoms with Crippen LogP contribution in [-0.2, 0) is 9.53 Å². The van der Waals surface area contributed by atoms with Crippen LogP contribution >= 0.6 is 11.6 Å². The van der Waals surface area contributed by atoms with Crippen molar-refractivity contribution in [2.45, 2.75) is 12.8 Å². The van der Waals surface area contributed by atoms with Gasteiger partial charge in [0.25, 0.3) is 0 Å². The molecule has 0 saturated heterocycles. The van der Waals surface area contributed by atoms with E-state index in [1.54, 1.807) is 12.1 Å². The molecule has 0 saturated carbocycles. The number of hydrogen-bond acceptors (Lipinski definition) is 3. The van der Waals surface area contributed by atoms with Crippen molar-refractivity contribution in [1.82, 2.24) is 0 Å². The number of methoxy groups -OCH3 is 1. The Balaban J connectivity index is 2.68. The van der Waals surface area contributed by atoms with Crippen LogP contribution in [0.1, 0.15) is 12.8 Å². The molecule has 0 spiro atoms. The van der Waals surface area contributed by atoms with Crippen LogP contribution in [0.2, 0.25) is 0 Å². The third-order valence-corrected chi connectivity index (χ3v) is 2.41. The molecule has 0 aliphatic rings. The fourth-order valence-corrected chi connectivity index (χ4v) is 1.55. The molecule has 0 fully saturated rings. The Morgan fingerprint density at radius 3 is 2.47 bits per heavy atom. The molecule has 1 rings (SSSR count). The highest BCUT2D eigenvalue weighted by molar-refractivity contribution is 6.63. The van der Waals surface area contributed by atoms with Crippen LogP contribution in [0.15, 0.2) is 30.3 Å². The molecule has 1 aromatic carbocycles. The van der Waals surface area contributed by atoms with Crippen LogP contribution < -0.4 is 4.90 Å². The average molecular weight is 256 g/mol. The Morgan fingerprint density at radius 2 is 1.94 bits per heavy atom. The number of para-hydroxylation sites is 1. The minimum Gasteiger partial charge on any atom is -0.452 e. The van der Waals surface area contributed by atoms with Crippen molar-refractivity contribution in [3.05, 3.63) is 30.3 Å². The van der Waals surface area contributed by atoms with E-state index in [1.165, 1.54) is 12.0 Å². The number of ether oxygens (including phenoxy) is 1. The maximum atomic E-state index is 11.6. The zero-order valence-electron chi connectivity index (χ0n) is 9.56. The third-order valence-electron chi connectivity index (χ3n) is 2.22. The maximum absolute atomic E-state index is 11.6. The van der Waals surface area contributed by atoms with Crippen molar-refractivity contribution in [3.63, 3.8) is 0 Å². The van der Waals surface area contributed by atoms with E-state index in [0.717, 1.165) is 5.69 Å². The Hall–Kier alpha value is -1.55. The van der Waals surface area contributed by atoms with Crippen LogP contribution in [0, 0.1) is 0 Å². The minimum absolute atomic E-state index is 0.238. The topological polar surface area (TPSA) is 46.6 Å². The number of amides is 1. The molecule has 0 unspecified atom stereocenters. The minimum atomic E-state index is -0.446. The van der Waals surface area contributed by atoms with Gasteiger partial charge in [-0.05, 0) is 30.2 Å². The first-order valence-corrected chi connectivity index (χ1v) is 5.62. The van der Waals surface area contributed by atoms with Crippen molar-refractivity contribution < 1.29 is 14.3 Å². The summed E-state index contributed by atoms with van der Waals surface area (Å²) < 4.78 is 4.69. The van der Waals surface area contributed by atoms with Crippen molar-refractivity contribution in [2.75, 3.05) is 18.6 Å². The normalized spacial score (nSPS) is 9.76. The SMILES string of the molecule is COC(=O)N(CCCC(=O)Cl)c1ccccc1. The van der Waals surface area contributed by atoms with Gasteiger partial charge in [-0.15, -0.1) is 0 Å². The Bertz CT molecular complexity index is 381. The van der Waals surface area contributed by atoms with E-state index in [0.29, 0.717) is 13.0 Å². The van der Waals surface area contributed by atoms with E-state index < -0.39 is 11.3 Å². The van der Waals surface area contributed by atoms with Gasteiger partial charge in [-0.25, -0.2) is 4.79 Å². The molecule has 0 atom stereocenters. The first-order chi connectivity index (χ1) is 8.15. The molecule has 92 valence electrons. The molecule has 0 heterocycles. The van der Waals surface area contributed by atoms with Gasteiger partial charge in [0.05, 0.1) is 7.11 Å². The zero-order valence-corrected chi connectivity index (χ0v) is 10.3. The number of carbonyl (C=O) groups excluding carboxylic acids is 2. The van der Waals surface area contributed by atoms with Gasteiger partial charge in [-0.2, -0.15) is 0 Å². The summed E-state index contributed by atoms with van der Waals surface area (Å²) in [5, 5.41) is -0.400. The summed E-state index contributed by atoms with van der Waals surface area (Å²) in [6, 6.07) is 9.13. The lowest BCUT2D eigenvalue weighted by Gasteiger charge is -2.20. The predicted molar refractivity (Wildman–Crippen MR) is 66.3 cm³/mol. The Morgan fingerprint density at radius 1 is 1.29 bits per heavy atom. The van der Waals surface area contributed by atoms with Gasteiger partial charge in [0.2, 0.25) is 5.24 Å². The second-order valence-corrected chi connectivity index (χ2v) is 3.84. The van der Waals surface area contributed by atoms with Crippen LogP contribution in [-0.4, -0.2) is 25.0 Å². The molecule has 0 bridgehead atoms. The molecule has 0 aromatic heterocycles. The highest BCUT2D eigenvalue weighted by Gasteiger charge is 2.15. The summed E-state index contributed by atoms with van der Waals surface area (Å²) in [5.41, 5.74) is 0.737. The second-order valence-electron chi connectivity index (χ2n) is 3.42. The smallest absolute Gasteiger partial charge is 0.413 e. The highest BCUT2D eigenvalue weighted by atomic mass is 35.5. The number of carbonyl (C=O) groups is 2. The van der Waals surface area contributed by atoms with Crippen molar-refractivity contribution in [1.29, 1.82) is 0 Å². The van der Waals surface area contributed by atoms with Crippen molar-refractivity contribution >= 4 is 28.6 Å². The molecule has 17 heavy (non-hydrogen) atoms. The first kappa shape index (κ1) is 13.5. The molecule has 1 amide bonds. The molecule has 4 nitrogen and oxygen atoms in total.